The van der Waals surface area contributed by atoms with Gasteiger partial charge < -0.3 is 32.3 Å². The number of aliphatic carboxylic acids is 2. The second kappa shape index (κ2) is 14.3. The fourth-order valence-electron chi connectivity index (χ4n) is 3.43. The summed E-state index contributed by atoms with van der Waals surface area (Å²) in [5.41, 5.74) is 15.3. The normalized spacial score (nSPS) is 12.2. The molecule has 1 aliphatic rings. The van der Waals surface area contributed by atoms with Gasteiger partial charge >= 0.3 is 18.1 Å². The largest absolute Gasteiger partial charge is 0.490 e. The van der Waals surface area contributed by atoms with Crippen molar-refractivity contribution in [1.29, 1.82) is 0 Å². The van der Waals surface area contributed by atoms with Crippen LogP contribution in [-0.4, -0.2) is 46.7 Å². The number of carboxylic acid groups (broad SMARTS) is 2. The average molecular weight is 561 g/mol. The van der Waals surface area contributed by atoms with Gasteiger partial charge in [-0.15, -0.1) is 0 Å². The van der Waals surface area contributed by atoms with E-state index in [9.17, 15) is 32.7 Å². The van der Waals surface area contributed by atoms with E-state index < -0.39 is 30.1 Å². The maximum atomic E-state index is 12.2. The van der Waals surface area contributed by atoms with Gasteiger partial charge in [0, 0.05) is 29.9 Å². The molecule has 1 aliphatic heterocycles. The third kappa shape index (κ3) is 9.44. The number of hydrogen-bond acceptors (Lipinski definition) is 6. The van der Waals surface area contributed by atoms with E-state index in [2.05, 4.69) is 10.6 Å². The number of carbonyl (C=O) groups excluding carboxylic acids is 2. The zero-order chi connectivity index (χ0) is 29.9. The second-order valence-corrected chi connectivity index (χ2v) is 8.28. The number of primary amides is 1. The highest BCUT2D eigenvalue weighted by atomic mass is 19.4. The average Bonchev–Trinajstić information content (AvgIpc) is 3.40. The fourth-order valence-corrected chi connectivity index (χ4v) is 3.43. The summed E-state index contributed by atoms with van der Waals surface area (Å²) in [6.45, 7) is 1.28. The summed E-state index contributed by atoms with van der Waals surface area (Å²) in [4.78, 5) is 43.2. The molecular weight excluding hydrogens is 533 g/mol. The predicted octanol–water partition coefficient (Wildman–Crippen LogP) is 3.09. The van der Waals surface area contributed by atoms with Crippen molar-refractivity contribution in [2.45, 2.75) is 25.2 Å². The summed E-state index contributed by atoms with van der Waals surface area (Å²) in [5.74, 6) is -4.68. The van der Waals surface area contributed by atoms with Gasteiger partial charge in [-0.1, -0.05) is 48.5 Å². The summed E-state index contributed by atoms with van der Waals surface area (Å²) in [7, 11) is 0. The van der Waals surface area contributed by atoms with Crippen LogP contribution < -0.4 is 22.1 Å². The molecule has 0 aliphatic carbocycles. The van der Waals surface area contributed by atoms with Crippen molar-refractivity contribution in [2.75, 3.05) is 11.9 Å². The highest BCUT2D eigenvalue weighted by molar-refractivity contribution is 5.97. The summed E-state index contributed by atoms with van der Waals surface area (Å²) in [6, 6.07) is 19.8. The maximum absolute atomic E-state index is 12.2. The van der Waals surface area contributed by atoms with Crippen LogP contribution in [0, 0.1) is 0 Å². The lowest BCUT2D eigenvalue weighted by molar-refractivity contribution is -0.192. The number of hydrogen-bond donors (Lipinski definition) is 6. The Balaban J connectivity index is 0.000000247. The highest BCUT2D eigenvalue weighted by Crippen LogP contribution is 2.22. The lowest BCUT2D eigenvalue weighted by Gasteiger charge is -2.15. The van der Waals surface area contributed by atoms with Crippen LogP contribution in [0.4, 0.5) is 18.9 Å². The van der Waals surface area contributed by atoms with Crippen molar-refractivity contribution in [3.05, 3.63) is 101 Å². The van der Waals surface area contributed by atoms with Gasteiger partial charge in [-0.3, -0.25) is 9.59 Å². The zero-order valence-electron chi connectivity index (χ0n) is 20.9. The molecule has 2 amide bonds. The van der Waals surface area contributed by atoms with Crippen molar-refractivity contribution < 1.29 is 42.6 Å². The van der Waals surface area contributed by atoms with Gasteiger partial charge in [0.05, 0.1) is 0 Å². The molecule has 0 radical (unpaired) electrons. The number of amides is 2. The van der Waals surface area contributed by atoms with Crippen LogP contribution in [0.3, 0.4) is 0 Å². The maximum Gasteiger partial charge on any atom is 0.490 e. The summed E-state index contributed by atoms with van der Waals surface area (Å²) in [6.07, 6.45) is -4.05. The molecule has 1 heterocycles. The van der Waals surface area contributed by atoms with Crippen LogP contribution >= 0.6 is 0 Å². The Morgan fingerprint density at radius 3 is 2.12 bits per heavy atom. The number of alkyl halides is 3. The Hall–Kier alpha value is -4.91. The molecule has 40 heavy (non-hydrogen) atoms. The fraction of sp³-hybridized carbons (Fsp3) is 0.185. The van der Waals surface area contributed by atoms with Crippen LogP contribution in [0.2, 0.25) is 0 Å². The molecule has 10 nitrogen and oxygen atoms in total. The van der Waals surface area contributed by atoms with Gasteiger partial charge in [0.25, 0.3) is 5.91 Å². The quantitative estimate of drug-likeness (QED) is 0.266. The number of carboxylic acids is 2. The summed E-state index contributed by atoms with van der Waals surface area (Å²) < 4.78 is 31.7. The molecule has 0 aromatic heterocycles. The predicted molar refractivity (Wildman–Crippen MR) is 139 cm³/mol. The second-order valence-electron chi connectivity index (χ2n) is 8.28. The van der Waals surface area contributed by atoms with E-state index in [0.717, 1.165) is 24.2 Å². The number of anilines is 1. The minimum absolute atomic E-state index is 0.322. The Morgan fingerprint density at radius 1 is 0.925 bits per heavy atom. The first kappa shape index (κ1) is 31.3. The van der Waals surface area contributed by atoms with Crippen molar-refractivity contribution in [1.82, 2.24) is 5.32 Å². The van der Waals surface area contributed by atoms with E-state index in [1.807, 2.05) is 18.2 Å². The molecule has 8 N–H and O–H groups in total. The number of rotatable bonds is 6. The molecule has 212 valence electrons. The van der Waals surface area contributed by atoms with E-state index in [1.165, 1.54) is 5.56 Å². The van der Waals surface area contributed by atoms with Gasteiger partial charge in [0.1, 0.15) is 0 Å². The SMILES string of the molecule is NC(=O)c1ccc2c(c1)NCC2.NCc1cccc(C(=O)N[C@@H](C(=O)O)c2ccccc2)c1.O=C(O)C(F)(F)F. The van der Waals surface area contributed by atoms with Crippen molar-refractivity contribution in [3.8, 4) is 0 Å². The van der Waals surface area contributed by atoms with Crippen LogP contribution in [0.15, 0.2) is 72.8 Å². The molecule has 1 atom stereocenters. The van der Waals surface area contributed by atoms with Gasteiger partial charge in [0.15, 0.2) is 6.04 Å². The molecule has 0 unspecified atom stereocenters. The van der Waals surface area contributed by atoms with Crippen molar-refractivity contribution in [2.24, 2.45) is 11.5 Å². The Kier molecular flexibility index (Phi) is 11.2. The molecule has 4 rings (SSSR count). The molecule has 0 spiro atoms. The Bertz CT molecular complexity index is 1350. The van der Waals surface area contributed by atoms with Crippen molar-refractivity contribution >= 4 is 29.4 Å². The van der Waals surface area contributed by atoms with Gasteiger partial charge in [0.2, 0.25) is 5.91 Å². The summed E-state index contributed by atoms with van der Waals surface area (Å²) in [5, 5.41) is 22.1. The van der Waals surface area contributed by atoms with Crippen LogP contribution in [-0.2, 0) is 22.6 Å². The minimum Gasteiger partial charge on any atom is -0.479 e. The number of fused-ring (bicyclic) bond motifs is 1. The lowest BCUT2D eigenvalue weighted by atomic mass is 10.1. The molecule has 13 heteroatoms. The monoisotopic (exact) mass is 560 g/mol. The van der Waals surface area contributed by atoms with Crippen molar-refractivity contribution in [3.63, 3.8) is 0 Å². The van der Waals surface area contributed by atoms with Crippen LogP contribution in [0.1, 0.15) is 43.4 Å². The highest BCUT2D eigenvalue weighted by Gasteiger charge is 2.38. The number of nitrogens with one attached hydrogen (secondary N) is 2. The minimum atomic E-state index is -5.08. The molecule has 0 fully saturated rings. The Labute approximate surface area is 226 Å². The molecule has 3 aromatic rings. The van der Waals surface area contributed by atoms with E-state index in [1.54, 1.807) is 54.6 Å². The molecular formula is C27H27F3N4O6. The number of halogens is 3. The number of carbonyl (C=O) groups is 4. The van der Waals surface area contributed by atoms with E-state index >= 15 is 0 Å². The first-order valence-electron chi connectivity index (χ1n) is 11.7. The molecule has 0 saturated heterocycles. The lowest BCUT2D eigenvalue weighted by Crippen LogP contribution is -2.33. The van der Waals surface area contributed by atoms with E-state index in [0.29, 0.717) is 23.2 Å². The molecule has 0 bridgehead atoms. The standard InChI is InChI=1S/C16H16N2O3.C9H10N2O.C2HF3O2/c17-10-11-5-4-8-13(9-11)15(19)18-14(16(20)21)12-6-2-1-3-7-12;10-9(12)7-2-1-6-3-4-11-8(6)5-7;3-2(4,5)1(6)7/h1-9,14H,10,17H2,(H,18,19)(H,20,21);1-2,5,11H,3-4H2,(H2,10,12);(H,6,7)/t14-;;/m1../s1. The first-order chi connectivity index (χ1) is 18.8. The number of benzene rings is 3. The zero-order valence-corrected chi connectivity index (χ0v) is 20.9. The Morgan fingerprint density at radius 2 is 1.57 bits per heavy atom. The van der Waals surface area contributed by atoms with Gasteiger partial charge in [-0.05, 0) is 47.4 Å². The number of nitrogens with two attached hydrogens (primary N) is 2. The smallest absolute Gasteiger partial charge is 0.479 e. The van der Waals surface area contributed by atoms with E-state index in [4.69, 9.17) is 21.4 Å². The van der Waals surface area contributed by atoms with Crippen LogP contribution in [0.25, 0.3) is 0 Å². The molecule has 0 saturated carbocycles. The van der Waals surface area contributed by atoms with Gasteiger partial charge in [-0.25, -0.2) is 9.59 Å². The first-order valence-corrected chi connectivity index (χ1v) is 11.7. The third-order valence-corrected chi connectivity index (χ3v) is 5.43. The van der Waals surface area contributed by atoms with Gasteiger partial charge in [-0.2, -0.15) is 13.2 Å². The molecule has 3 aromatic carbocycles. The van der Waals surface area contributed by atoms with Crippen LogP contribution in [0.5, 0.6) is 0 Å². The van der Waals surface area contributed by atoms with E-state index in [-0.39, 0.29) is 5.91 Å². The third-order valence-electron chi connectivity index (χ3n) is 5.43. The topological polar surface area (TPSA) is 185 Å². The summed E-state index contributed by atoms with van der Waals surface area (Å²) >= 11 is 0.